The van der Waals surface area contributed by atoms with E-state index >= 15 is 0 Å². The average Bonchev–Trinajstić information content (AvgIpc) is 2.98. The summed E-state index contributed by atoms with van der Waals surface area (Å²) in [6.07, 6.45) is -0.979. The molecule has 1 heterocycles. The summed E-state index contributed by atoms with van der Waals surface area (Å²) in [5.74, 6) is -1.01. The second-order valence-electron chi connectivity index (χ2n) is 8.92. The Morgan fingerprint density at radius 3 is 2.57 bits per heavy atom. The minimum atomic E-state index is -3.89. The number of carbonyl (C=O) groups excluding carboxylic acids is 2. The van der Waals surface area contributed by atoms with Crippen LogP contribution < -0.4 is 10.6 Å². The molecule has 228 valence electrons. The van der Waals surface area contributed by atoms with Crippen LogP contribution in [0.2, 0.25) is 5.02 Å². The molecule has 0 bridgehead atoms. The third kappa shape index (κ3) is 9.31. The molecule has 0 saturated heterocycles. The van der Waals surface area contributed by atoms with Crippen LogP contribution in [0, 0.1) is 11.6 Å². The predicted molar refractivity (Wildman–Crippen MR) is 150 cm³/mol. The van der Waals surface area contributed by atoms with Gasteiger partial charge in [0.05, 0.1) is 23.8 Å². The Balaban J connectivity index is 1.67. The number of benzene rings is 2. The van der Waals surface area contributed by atoms with Gasteiger partial charge in [-0.05, 0) is 47.7 Å². The number of aromatic nitrogens is 1. The summed E-state index contributed by atoms with van der Waals surface area (Å²) >= 11 is 5.96. The van der Waals surface area contributed by atoms with Crippen LogP contribution >= 0.6 is 19.4 Å². The van der Waals surface area contributed by atoms with E-state index in [1.807, 2.05) is 0 Å². The van der Waals surface area contributed by atoms with Crippen LogP contribution in [-0.2, 0) is 29.4 Å². The summed E-state index contributed by atoms with van der Waals surface area (Å²) in [5.41, 5.74) is 0.330. The molecule has 1 unspecified atom stereocenters. The van der Waals surface area contributed by atoms with Gasteiger partial charge in [-0.2, -0.15) is 0 Å². The number of likely N-dealkylation sites (N-methyl/N-ethyl adjacent to an activating group) is 1. The number of ether oxygens (including phenoxy) is 1. The zero-order valence-electron chi connectivity index (χ0n) is 22.9. The van der Waals surface area contributed by atoms with Gasteiger partial charge in [-0.15, -0.1) is 0 Å². The van der Waals surface area contributed by atoms with Crippen LogP contribution in [0.25, 0.3) is 10.8 Å². The molecule has 2 atom stereocenters. The number of phosphoric ester groups is 1. The topological polar surface area (TPSA) is 149 Å². The summed E-state index contributed by atoms with van der Waals surface area (Å²) in [4.78, 5) is 30.7. The van der Waals surface area contributed by atoms with E-state index in [-0.39, 0.29) is 23.8 Å². The lowest BCUT2D eigenvalue weighted by Crippen LogP contribution is -2.47. The fraction of sp³-hybridized carbons (Fsp3) is 0.346. The molecule has 3 aromatic rings. The zero-order valence-corrected chi connectivity index (χ0v) is 24.5. The molecule has 0 radical (unpaired) electrons. The summed E-state index contributed by atoms with van der Waals surface area (Å²) in [6.45, 7) is -1.01. The summed E-state index contributed by atoms with van der Waals surface area (Å²) in [7, 11) is -0.288. The van der Waals surface area contributed by atoms with Crippen molar-refractivity contribution in [3.8, 4) is 0 Å². The first-order valence-electron chi connectivity index (χ1n) is 12.4. The first-order chi connectivity index (χ1) is 19.9. The van der Waals surface area contributed by atoms with E-state index < -0.39 is 56.9 Å². The van der Waals surface area contributed by atoms with Gasteiger partial charge in [0.15, 0.2) is 0 Å². The molecular formula is C26H30ClF2N4O8P. The average molecular weight is 631 g/mol. The van der Waals surface area contributed by atoms with Crippen molar-refractivity contribution in [3.63, 3.8) is 0 Å². The fourth-order valence-electron chi connectivity index (χ4n) is 3.72. The molecule has 42 heavy (non-hydrogen) atoms. The number of aliphatic hydroxyl groups excluding tert-OH is 1. The molecule has 16 heteroatoms. The molecule has 2 aromatic carbocycles. The monoisotopic (exact) mass is 630 g/mol. The Hall–Kier alpha value is -3.39. The summed E-state index contributed by atoms with van der Waals surface area (Å²) in [5, 5.41) is 16.6. The number of amides is 3. The van der Waals surface area contributed by atoms with Gasteiger partial charge in [0.1, 0.15) is 24.1 Å². The van der Waals surface area contributed by atoms with Gasteiger partial charge >= 0.3 is 19.9 Å². The van der Waals surface area contributed by atoms with Gasteiger partial charge in [-0.25, -0.2) is 27.9 Å². The molecule has 0 saturated carbocycles. The lowest BCUT2D eigenvalue weighted by molar-refractivity contribution is 0.0403. The minimum Gasteiger partial charge on any atom is -0.447 e. The van der Waals surface area contributed by atoms with Crippen molar-refractivity contribution in [3.05, 3.63) is 70.9 Å². The smallest absolute Gasteiger partial charge is 0.447 e. The Labute approximate surface area is 245 Å². The maximum absolute atomic E-state index is 13.8. The number of nitrogens with zero attached hydrogens (tertiary/aromatic N) is 2. The number of pyridine rings is 1. The van der Waals surface area contributed by atoms with E-state index in [9.17, 15) is 28.0 Å². The number of rotatable bonds is 13. The number of fused-ring (bicyclic) bond motifs is 1. The van der Waals surface area contributed by atoms with Crippen molar-refractivity contribution in [2.45, 2.75) is 25.1 Å². The lowest BCUT2D eigenvalue weighted by atomic mass is 10.1. The van der Waals surface area contributed by atoms with Gasteiger partial charge in [-0.3, -0.25) is 18.9 Å². The van der Waals surface area contributed by atoms with Crippen molar-refractivity contribution >= 4 is 48.1 Å². The van der Waals surface area contributed by atoms with Crippen molar-refractivity contribution in [1.82, 2.24) is 15.2 Å². The second-order valence-corrected chi connectivity index (χ2v) is 11.2. The standard InChI is InChI=1S/C26H30ClF2N4O8P/c1-33(25(35)31-13-17-5-4-6-22(29)24(17)27)20(11-21(34)15-41-42(37,38-2)39-3)14-40-26(36)32-23-10-18-9-19(28)8-7-16(18)12-30-23/h4-10,12,20-21,34H,11,13-15H2,1-3H3,(H,31,35)(H,30,32,36)/t20-,21?/m1/s1. The number of urea groups is 1. The molecule has 0 aliphatic rings. The van der Waals surface area contributed by atoms with Crippen molar-refractivity contribution < 1.29 is 46.3 Å². The van der Waals surface area contributed by atoms with Crippen LogP contribution in [0.15, 0.2) is 48.7 Å². The highest BCUT2D eigenvalue weighted by atomic mass is 35.5. The van der Waals surface area contributed by atoms with E-state index in [1.165, 1.54) is 49.6 Å². The highest BCUT2D eigenvalue weighted by Gasteiger charge is 2.28. The number of halogens is 3. The Morgan fingerprint density at radius 2 is 1.86 bits per heavy atom. The fourth-order valence-corrected chi connectivity index (χ4v) is 4.62. The summed E-state index contributed by atoms with van der Waals surface area (Å²) < 4.78 is 59.2. The van der Waals surface area contributed by atoms with E-state index in [0.29, 0.717) is 16.3 Å². The number of carbonyl (C=O) groups is 2. The Morgan fingerprint density at radius 1 is 1.12 bits per heavy atom. The largest absolute Gasteiger partial charge is 0.474 e. The van der Waals surface area contributed by atoms with Crippen molar-refractivity contribution in [1.29, 1.82) is 0 Å². The number of aliphatic hydroxyl groups is 1. The van der Waals surface area contributed by atoms with E-state index in [1.54, 1.807) is 6.07 Å². The van der Waals surface area contributed by atoms with Gasteiger partial charge in [0.2, 0.25) is 0 Å². The quantitative estimate of drug-likeness (QED) is 0.220. The lowest BCUT2D eigenvalue weighted by Gasteiger charge is -2.30. The first kappa shape index (κ1) is 33.1. The third-order valence-electron chi connectivity index (χ3n) is 6.07. The number of phosphoric acid groups is 1. The van der Waals surface area contributed by atoms with Gasteiger partial charge in [0.25, 0.3) is 0 Å². The second kappa shape index (κ2) is 15.2. The van der Waals surface area contributed by atoms with Crippen molar-refractivity contribution in [2.24, 2.45) is 0 Å². The molecule has 1 aromatic heterocycles. The van der Waals surface area contributed by atoms with E-state index in [2.05, 4.69) is 24.7 Å². The molecule has 3 rings (SSSR count). The molecule has 0 aliphatic carbocycles. The number of hydrogen-bond acceptors (Lipinski definition) is 9. The van der Waals surface area contributed by atoms with Crippen LogP contribution in [0.5, 0.6) is 0 Å². The highest BCUT2D eigenvalue weighted by molar-refractivity contribution is 7.48. The Kier molecular flexibility index (Phi) is 12.0. The maximum Gasteiger partial charge on any atom is 0.474 e. The van der Waals surface area contributed by atoms with Crippen LogP contribution in [0.4, 0.5) is 24.2 Å². The van der Waals surface area contributed by atoms with Crippen LogP contribution in [0.1, 0.15) is 12.0 Å². The number of hydrogen-bond donors (Lipinski definition) is 3. The number of nitrogens with one attached hydrogen (secondary N) is 2. The van der Waals surface area contributed by atoms with Gasteiger partial charge < -0.3 is 20.1 Å². The third-order valence-corrected chi connectivity index (χ3v) is 7.85. The van der Waals surface area contributed by atoms with Gasteiger partial charge in [-0.1, -0.05) is 23.7 Å². The molecule has 0 aliphatic heterocycles. The summed E-state index contributed by atoms with van der Waals surface area (Å²) in [6, 6.07) is 8.14. The molecule has 12 nitrogen and oxygen atoms in total. The maximum atomic E-state index is 13.8. The molecular weight excluding hydrogens is 601 g/mol. The Bertz CT molecular complexity index is 1440. The molecule has 3 amide bonds. The van der Waals surface area contributed by atoms with Crippen LogP contribution in [-0.4, -0.2) is 73.7 Å². The SMILES string of the molecule is COP(=O)(OC)OCC(O)C[C@H](COC(=O)Nc1cc2cc(F)ccc2cn1)N(C)C(=O)NCc1cccc(F)c1Cl. The number of anilines is 1. The zero-order chi connectivity index (χ0) is 30.9. The van der Waals surface area contributed by atoms with Gasteiger partial charge in [0, 0.05) is 39.4 Å². The highest BCUT2D eigenvalue weighted by Crippen LogP contribution is 2.47. The van der Waals surface area contributed by atoms with Crippen LogP contribution in [0.3, 0.4) is 0 Å². The normalized spacial score (nSPS) is 12.9. The minimum absolute atomic E-state index is 0.0936. The predicted octanol–water partition coefficient (Wildman–Crippen LogP) is 5.09. The molecule has 0 spiro atoms. The molecule has 3 N–H and O–H groups in total. The first-order valence-corrected chi connectivity index (χ1v) is 14.2. The van der Waals surface area contributed by atoms with E-state index in [0.717, 1.165) is 19.1 Å². The van der Waals surface area contributed by atoms with Crippen molar-refractivity contribution in [2.75, 3.05) is 39.8 Å². The molecule has 0 fully saturated rings. The van der Waals surface area contributed by atoms with E-state index in [4.69, 9.17) is 20.9 Å².